The summed E-state index contributed by atoms with van der Waals surface area (Å²) in [6, 6.07) is 10.5. The summed E-state index contributed by atoms with van der Waals surface area (Å²) >= 11 is 13.4. The molecular weight excluding hydrogens is 389 g/mol. The largest absolute Gasteiger partial charge is 0.439 e. The van der Waals surface area contributed by atoms with Crippen molar-refractivity contribution in [3.63, 3.8) is 0 Å². The van der Waals surface area contributed by atoms with E-state index in [9.17, 15) is 8.42 Å². The predicted molar refractivity (Wildman–Crippen MR) is 99.0 cm³/mol. The van der Waals surface area contributed by atoms with E-state index in [1.54, 1.807) is 30.3 Å². The zero-order valence-corrected chi connectivity index (χ0v) is 15.9. The Balaban J connectivity index is 1.80. The average molecular weight is 404 g/mol. The van der Waals surface area contributed by atoms with E-state index >= 15 is 0 Å². The van der Waals surface area contributed by atoms with E-state index in [0.29, 0.717) is 28.2 Å². The number of rotatable bonds is 4. The van der Waals surface area contributed by atoms with Crippen LogP contribution in [-0.4, -0.2) is 24.2 Å². The van der Waals surface area contributed by atoms with Crippen LogP contribution in [0, 0.1) is 0 Å². The van der Waals surface area contributed by atoms with Gasteiger partial charge < -0.3 is 4.74 Å². The normalized spacial score (nSPS) is 21.0. The third-order valence-electron chi connectivity index (χ3n) is 3.66. The second-order valence-electron chi connectivity index (χ2n) is 5.58. The molecule has 1 aromatic heterocycles. The molecular formula is C16H15Cl2NO3S2. The minimum absolute atomic E-state index is 0.0674. The fourth-order valence-corrected chi connectivity index (χ4v) is 5.83. The Bertz CT molecular complexity index is 841. The molecule has 0 radical (unpaired) electrons. The van der Waals surface area contributed by atoms with E-state index in [1.165, 1.54) is 18.0 Å². The van der Waals surface area contributed by atoms with Gasteiger partial charge in [-0.05, 0) is 48.7 Å². The highest BCUT2D eigenvalue weighted by Crippen LogP contribution is 2.47. The molecule has 1 aromatic carbocycles. The molecule has 1 aliphatic rings. The first-order valence-corrected chi connectivity index (χ1v) is 10.9. The first kappa shape index (κ1) is 17.9. The van der Waals surface area contributed by atoms with Crippen LogP contribution in [0.4, 0.5) is 0 Å². The summed E-state index contributed by atoms with van der Waals surface area (Å²) in [5.74, 6) is 0.983. The second-order valence-corrected chi connectivity index (χ2v) is 10.3. The van der Waals surface area contributed by atoms with E-state index in [0.717, 1.165) is 12.0 Å². The molecule has 0 bridgehead atoms. The quantitative estimate of drug-likeness (QED) is 0.662. The molecule has 24 heavy (non-hydrogen) atoms. The Kier molecular flexibility index (Phi) is 5.30. The van der Waals surface area contributed by atoms with Gasteiger partial charge in [0.15, 0.2) is 9.84 Å². The molecule has 0 aliphatic carbocycles. The first-order chi connectivity index (χ1) is 11.3. The van der Waals surface area contributed by atoms with Crippen LogP contribution in [0.2, 0.25) is 10.2 Å². The molecule has 0 saturated carbocycles. The van der Waals surface area contributed by atoms with Crippen molar-refractivity contribution in [2.75, 3.05) is 6.26 Å². The lowest BCUT2D eigenvalue weighted by Crippen LogP contribution is -2.11. The van der Waals surface area contributed by atoms with Crippen molar-refractivity contribution in [2.24, 2.45) is 0 Å². The molecule has 2 unspecified atom stereocenters. The fourth-order valence-electron chi connectivity index (χ4n) is 2.52. The summed E-state index contributed by atoms with van der Waals surface area (Å²) in [6.45, 7) is 0. The monoisotopic (exact) mass is 403 g/mol. The topological polar surface area (TPSA) is 56.3 Å². The first-order valence-electron chi connectivity index (χ1n) is 7.26. The molecule has 1 saturated heterocycles. The maximum atomic E-state index is 11.7. The molecule has 8 heteroatoms. The Morgan fingerprint density at radius 1 is 1.17 bits per heavy atom. The summed E-state index contributed by atoms with van der Waals surface area (Å²) in [6.07, 6.45) is 2.70. The smallest absolute Gasteiger partial charge is 0.220 e. The van der Waals surface area contributed by atoms with Crippen LogP contribution >= 0.6 is 35.0 Å². The summed E-state index contributed by atoms with van der Waals surface area (Å²) in [4.78, 5) is 4.17. The van der Waals surface area contributed by atoms with Crippen LogP contribution in [0.5, 0.6) is 11.6 Å². The predicted octanol–water partition coefficient (Wildman–Crippen LogP) is 5.12. The molecule has 0 amide bonds. The Labute approximate surface area is 155 Å². The van der Waals surface area contributed by atoms with Crippen molar-refractivity contribution >= 4 is 44.8 Å². The number of pyridine rings is 1. The standard InChI is InChI=1S/C16H15Cl2NO3S2/c1-24(20,21)16-7-6-13(23-16)10-8-14(18)19-15(9-10)22-12-4-2-11(17)3-5-12/h2-5,8-9,13,16H,6-7H2,1H3. The van der Waals surface area contributed by atoms with Crippen molar-refractivity contribution in [1.29, 1.82) is 0 Å². The van der Waals surface area contributed by atoms with Crippen molar-refractivity contribution in [3.8, 4) is 11.6 Å². The number of hydrogen-bond donors (Lipinski definition) is 0. The van der Waals surface area contributed by atoms with Crippen molar-refractivity contribution in [2.45, 2.75) is 22.7 Å². The van der Waals surface area contributed by atoms with Gasteiger partial charge in [0.05, 0.1) is 0 Å². The Hall–Kier alpha value is -0.950. The summed E-state index contributed by atoms with van der Waals surface area (Å²) in [7, 11) is -3.05. The van der Waals surface area contributed by atoms with Gasteiger partial charge in [-0.2, -0.15) is 0 Å². The Morgan fingerprint density at radius 3 is 2.50 bits per heavy atom. The van der Waals surface area contributed by atoms with E-state index in [4.69, 9.17) is 27.9 Å². The third-order valence-corrected chi connectivity index (χ3v) is 8.05. The molecule has 4 nitrogen and oxygen atoms in total. The summed E-state index contributed by atoms with van der Waals surface area (Å²) in [5, 5.41) is 1.01. The van der Waals surface area contributed by atoms with Crippen LogP contribution < -0.4 is 4.74 Å². The SMILES string of the molecule is CS(=O)(=O)C1CCC(c2cc(Cl)nc(Oc3ccc(Cl)cc3)c2)S1. The highest BCUT2D eigenvalue weighted by atomic mass is 35.5. The van der Waals surface area contributed by atoms with Gasteiger partial charge in [-0.3, -0.25) is 0 Å². The van der Waals surface area contributed by atoms with E-state index in [1.807, 2.05) is 6.07 Å². The van der Waals surface area contributed by atoms with Crippen LogP contribution in [0.15, 0.2) is 36.4 Å². The number of halogens is 2. The Morgan fingerprint density at radius 2 is 1.88 bits per heavy atom. The van der Waals surface area contributed by atoms with E-state index in [-0.39, 0.29) is 9.83 Å². The number of thioether (sulfide) groups is 1. The highest BCUT2D eigenvalue weighted by molar-refractivity contribution is 8.13. The van der Waals surface area contributed by atoms with Crippen LogP contribution in [0.1, 0.15) is 23.7 Å². The lowest BCUT2D eigenvalue weighted by Gasteiger charge is -2.13. The molecule has 3 rings (SSSR count). The number of nitrogens with zero attached hydrogens (tertiary/aromatic N) is 1. The zero-order chi connectivity index (χ0) is 17.3. The van der Waals surface area contributed by atoms with Gasteiger partial charge in [0.25, 0.3) is 0 Å². The van der Waals surface area contributed by atoms with Gasteiger partial charge in [0, 0.05) is 22.6 Å². The van der Waals surface area contributed by atoms with E-state index < -0.39 is 9.84 Å². The number of sulfone groups is 1. The highest BCUT2D eigenvalue weighted by Gasteiger charge is 2.33. The average Bonchev–Trinajstić information content (AvgIpc) is 2.99. The van der Waals surface area contributed by atoms with Crippen LogP contribution in [0.25, 0.3) is 0 Å². The zero-order valence-electron chi connectivity index (χ0n) is 12.8. The minimum atomic E-state index is -3.05. The van der Waals surface area contributed by atoms with Gasteiger partial charge in [-0.15, -0.1) is 11.8 Å². The molecule has 128 valence electrons. The molecule has 1 aliphatic heterocycles. The number of ether oxygens (including phenoxy) is 1. The fraction of sp³-hybridized carbons (Fsp3) is 0.312. The lowest BCUT2D eigenvalue weighted by molar-refractivity contribution is 0.462. The van der Waals surface area contributed by atoms with Crippen molar-refractivity contribution < 1.29 is 13.2 Å². The third kappa shape index (κ3) is 4.36. The van der Waals surface area contributed by atoms with Gasteiger partial charge >= 0.3 is 0 Å². The lowest BCUT2D eigenvalue weighted by atomic mass is 10.1. The second kappa shape index (κ2) is 7.12. The molecule has 0 N–H and O–H groups in total. The summed E-state index contributed by atoms with van der Waals surface area (Å²) < 4.78 is 28.8. The van der Waals surface area contributed by atoms with Gasteiger partial charge in [-0.25, -0.2) is 13.4 Å². The molecule has 1 fully saturated rings. The van der Waals surface area contributed by atoms with Gasteiger partial charge in [0.1, 0.15) is 15.5 Å². The minimum Gasteiger partial charge on any atom is -0.439 e. The number of benzene rings is 1. The van der Waals surface area contributed by atoms with Crippen LogP contribution in [-0.2, 0) is 9.84 Å². The van der Waals surface area contributed by atoms with Gasteiger partial charge in [0.2, 0.25) is 5.88 Å². The van der Waals surface area contributed by atoms with Gasteiger partial charge in [-0.1, -0.05) is 23.2 Å². The number of hydrogen-bond acceptors (Lipinski definition) is 5. The van der Waals surface area contributed by atoms with E-state index in [2.05, 4.69) is 4.98 Å². The van der Waals surface area contributed by atoms with Crippen molar-refractivity contribution in [1.82, 2.24) is 4.98 Å². The molecule has 2 heterocycles. The maximum absolute atomic E-state index is 11.7. The molecule has 0 spiro atoms. The summed E-state index contributed by atoms with van der Waals surface area (Å²) in [5.41, 5.74) is 0.926. The molecule has 2 atom stereocenters. The number of aromatic nitrogens is 1. The van der Waals surface area contributed by atoms with Crippen molar-refractivity contribution in [3.05, 3.63) is 52.1 Å². The maximum Gasteiger partial charge on any atom is 0.220 e. The molecule has 2 aromatic rings. The van der Waals surface area contributed by atoms with Crippen LogP contribution in [0.3, 0.4) is 0 Å².